The summed E-state index contributed by atoms with van der Waals surface area (Å²) in [6.45, 7) is 3.77. The van der Waals surface area contributed by atoms with Gasteiger partial charge >= 0.3 is 0 Å². The molecule has 0 fully saturated rings. The molecule has 0 radical (unpaired) electrons. The fraction of sp³-hybridized carbons (Fsp3) is 0.167. The van der Waals surface area contributed by atoms with E-state index < -0.39 is 5.41 Å². The largest absolute Gasteiger partial charge is 0.396 e. The molecule has 3 aromatic rings. The Morgan fingerprint density at radius 3 is 2.54 bits per heavy atom. The average Bonchev–Trinajstić information content (AvgIpc) is 2.58. The van der Waals surface area contributed by atoms with Gasteiger partial charge in [-0.15, -0.1) is 0 Å². The molecule has 0 saturated carbocycles. The molecule has 3 N–H and O–H groups in total. The molecule has 5 nitrogen and oxygen atoms in total. The SMILES string of the molecule is CC(C)(C#N)c1ccc(Nc2c(N)cnc3ccc(Cl)nc23)cc1. The Bertz CT molecular complexity index is 937. The standard InChI is InChI=1S/C18H16ClN5/c1-18(2,10-20)11-3-5-12(6-4-11)23-16-13(21)9-22-14-7-8-15(19)24-17(14)16/h3-9H,21H2,1-2H3,(H,22,23). The van der Waals surface area contributed by atoms with E-state index in [4.69, 9.17) is 17.3 Å². The van der Waals surface area contributed by atoms with Gasteiger partial charge in [-0.05, 0) is 43.7 Å². The molecule has 0 unspecified atom stereocenters. The second-order valence-electron chi connectivity index (χ2n) is 6.03. The van der Waals surface area contributed by atoms with Crippen molar-refractivity contribution in [3.63, 3.8) is 0 Å². The minimum atomic E-state index is -0.532. The van der Waals surface area contributed by atoms with Gasteiger partial charge in [-0.3, -0.25) is 4.98 Å². The normalized spacial score (nSPS) is 11.2. The van der Waals surface area contributed by atoms with Crippen molar-refractivity contribution in [2.45, 2.75) is 19.3 Å². The zero-order chi connectivity index (χ0) is 17.3. The third-order valence-electron chi connectivity index (χ3n) is 3.86. The summed E-state index contributed by atoms with van der Waals surface area (Å²) in [5.41, 5.74) is 9.78. The first-order valence-corrected chi connectivity index (χ1v) is 7.78. The number of nitrogens with zero attached hydrogens (tertiary/aromatic N) is 3. The van der Waals surface area contributed by atoms with Crippen LogP contribution in [0.25, 0.3) is 11.0 Å². The Labute approximate surface area is 145 Å². The van der Waals surface area contributed by atoms with E-state index in [0.717, 1.165) is 11.3 Å². The molecule has 0 aliphatic carbocycles. The maximum Gasteiger partial charge on any atom is 0.130 e. The number of nitrogens with two attached hydrogens (primary N) is 1. The molecule has 0 spiro atoms. The fourth-order valence-corrected chi connectivity index (χ4v) is 2.51. The lowest BCUT2D eigenvalue weighted by atomic mass is 9.86. The monoisotopic (exact) mass is 337 g/mol. The van der Waals surface area contributed by atoms with Crippen LogP contribution in [0, 0.1) is 11.3 Å². The smallest absolute Gasteiger partial charge is 0.130 e. The first-order valence-electron chi connectivity index (χ1n) is 7.40. The van der Waals surface area contributed by atoms with E-state index >= 15 is 0 Å². The van der Waals surface area contributed by atoms with Crippen LogP contribution in [0.1, 0.15) is 19.4 Å². The number of rotatable bonds is 3. The molecule has 0 bridgehead atoms. The summed E-state index contributed by atoms with van der Waals surface area (Å²) in [5.74, 6) is 0. The first kappa shape index (κ1) is 16.0. The number of halogens is 1. The van der Waals surface area contributed by atoms with Crippen LogP contribution in [0.3, 0.4) is 0 Å². The van der Waals surface area contributed by atoms with E-state index in [1.807, 2.05) is 38.1 Å². The molecule has 0 amide bonds. The van der Waals surface area contributed by atoms with Crippen molar-refractivity contribution in [3.05, 3.63) is 53.3 Å². The predicted molar refractivity (Wildman–Crippen MR) is 97.3 cm³/mol. The fourth-order valence-electron chi connectivity index (χ4n) is 2.37. The molecule has 0 aliphatic heterocycles. The summed E-state index contributed by atoms with van der Waals surface area (Å²) >= 11 is 5.99. The van der Waals surface area contributed by atoms with Gasteiger partial charge in [-0.2, -0.15) is 5.26 Å². The molecule has 0 aliphatic rings. The van der Waals surface area contributed by atoms with Gasteiger partial charge in [0.2, 0.25) is 0 Å². The summed E-state index contributed by atoms with van der Waals surface area (Å²) in [7, 11) is 0. The lowest BCUT2D eigenvalue weighted by Crippen LogP contribution is -2.13. The molecule has 0 saturated heterocycles. The highest BCUT2D eigenvalue weighted by Crippen LogP contribution is 2.31. The first-order chi connectivity index (χ1) is 11.4. The molecular weight excluding hydrogens is 322 g/mol. The van der Waals surface area contributed by atoms with E-state index in [9.17, 15) is 5.26 Å². The van der Waals surface area contributed by atoms with Crippen molar-refractivity contribution in [1.82, 2.24) is 9.97 Å². The van der Waals surface area contributed by atoms with Gasteiger partial charge in [0.15, 0.2) is 0 Å². The molecule has 1 aromatic carbocycles. The predicted octanol–water partition coefficient (Wildman–Crippen LogP) is 4.41. The highest BCUT2D eigenvalue weighted by molar-refractivity contribution is 6.29. The molecule has 120 valence electrons. The molecule has 3 rings (SSSR count). The lowest BCUT2D eigenvalue weighted by Gasteiger charge is -2.17. The van der Waals surface area contributed by atoms with E-state index in [2.05, 4.69) is 21.4 Å². The Balaban J connectivity index is 2.00. The van der Waals surface area contributed by atoms with Crippen LogP contribution >= 0.6 is 11.6 Å². The number of nitrogen functional groups attached to an aromatic ring is 1. The molecule has 0 atom stereocenters. The number of aromatic nitrogens is 2. The van der Waals surface area contributed by atoms with Crippen molar-refractivity contribution in [2.75, 3.05) is 11.1 Å². The number of fused-ring (bicyclic) bond motifs is 1. The third-order valence-corrected chi connectivity index (χ3v) is 4.07. The molecular formula is C18H16ClN5. The number of anilines is 3. The second kappa shape index (κ2) is 5.99. The third kappa shape index (κ3) is 2.97. The van der Waals surface area contributed by atoms with Gasteiger partial charge in [-0.1, -0.05) is 23.7 Å². The van der Waals surface area contributed by atoms with Gasteiger partial charge in [0.05, 0.1) is 34.6 Å². The zero-order valence-corrected chi connectivity index (χ0v) is 14.1. The van der Waals surface area contributed by atoms with Gasteiger partial charge in [0.1, 0.15) is 10.7 Å². The second-order valence-corrected chi connectivity index (χ2v) is 6.42. The number of nitriles is 1. The highest BCUT2D eigenvalue weighted by atomic mass is 35.5. The topological polar surface area (TPSA) is 87.6 Å². The number of pyridine rings is 2. The van der Waals surface area contributed by atoms with E-state index in [1.54, 1.807) is 18.3 Å². The highest BCUT2D eigenvalue weighted by Gasteiger charge is 2.19. The Kier molecular flexibility index (Phi) is 4.00. The maximum absolute atomic E-state index is 9.22. The van der Waals surface area contributed by atoms with Crippen molar-refractivity contribution < 1.29 is 0 Å². The summed E-state index contributed by atoms with van der Waals surface area (Å²) in [4.78, 5) is 8.58. The molecule has 2 aromatic heterocycles. The van der Waals surface area contributed by atoms with Crippen LogP contribution in [0.15, 0.2) is 42.6 Å². The van der Waals surface area contributed by atoms with Crippen molar-refractivity contribution >= 4 is 39.7 Å². The van der Waals surface area contributed by atoms with Gasteiger partial charge < -0.3 is 11.1 Å². The average molecular weight is 338 g/mol. The van der Waals surface area contributed by atoms with Crippen molar-refractivity contribution in [1.29, 1.82) is 5.26 Å². The van der Waals surface area contributed by atoms with Gasteiger partial charge in [0, 0.05) is 5.69 Å². The minimum Gasteiger partial charge on any atom is -0.396 e. The van der Waals surface area contributed by atoms with Crippen molar-refractivity contribution in [3.8, 4) is 6.07 Å². The van der Waals surface area contributed by atoms with Crippen LogP contribution in [0.2, 0.25) is 5.15 Å². The van der Waals surface area contributed by atoms with Crippen LogP contribution in [-0.2, 0) is 5.41 Å². The number of hydrogen-bond donors (Lipinski definition) is 2. The van der Waals surface area contributed by atoms with Gasteiger partial charge in [-0.25, -0.2) is 4.98 Å². The Morgan fingerprint density at radius 2 is 1.88 bits per heavy atom. The van der Waals surface area contributed by atoms with E-state index in [0.29, 0.717) is 27.6 Å². The van der Waals surface area contributed by atoms with Crippen LogP contribution < -0.4 is 11.1 Å². The number of benzene rings is 1. The van der Waals surface area contributed by atoms with Crippen molar-refractivity contribution in [2.24, 2.45) is 0 Å². The quantitative estimate of drug-likeness (QED) is 0.691. The maximum atomic E-state index is 9.22. The van der Waals surface area contributed by atoms with Crippen LogP contribution in [0.5, 0.6) is 0 Å². The van der Waals surface area contributed by atoms with E-state index in [-0.39, 0.29) is 0 Å². The Morgan fingerprint density at radius 1 is 1.17 bits per heavy atom. The van der Waals surface area contributed by atoms with Gasteiger partial charge in [0.25, 0.3) is 0 Å². The Hall–Kier alpha value is -2.84. The summed E-state index contributed by atoms with van der Waals surface area (Å²) in [5, 5.41) is 12.9. The molecule has 2 heterocycles. The molecule has 6 heteroatoms. The van der Waals surface area contributed by atoms with Crippen LogP contribution in [-0.4, -0.2) is 9.97 Å². The van der Waals surface area contributed by atoms with E-state index in [1.165, 1.54) is 0 Å². The van der Waals surface area contributed by atoms with Crippen LogP contribution in [0.4, 0.5) is 17.1 Å². The minimum absolute atomic E-state index is 0.379. The summed E-state index contributed by atoms with van der Waals surface area (Å²) < 4.78 is 0. The number of hydrogen-bond acceptors (Lipinski definition) is 5. The lowest BCUT2D eigenvalue weighted by molar-refractivity contribution is 0.687. The molecule has 24 heavy (non-hydrogen) atoms. The summed E-state index contributed by atoms with van der Waals surface area (Å²) in [6, 6.07) is 13.4. The zero-order valence-electron chi connectivity index (χ0n) is 13.3. The number of nitrogens with one attached hydrogen (secondary N) is 1. The summed E-state index contributed by atoms with van der Waals surface area (Å²) in [6.07, 6.45) is 1.59.